The van der Waals surface area contributed by atoms with Gasteiger partial charge in [-0.25, -0.2) is 4.79 Å². The molecule has 162 valence electrons. The number of hydrogen-bond donors (Lipinski definition) is 2. The number of amides is 2. The molecule has 1 heterocycles. The summed E-state index contributed by atoms with van der Waals surface area (Å²) < 4.78 is 5.33. The fourth-order valence-corrected chi connectivity index (χ4v) is 3.52. The molecule has 0 aliphatic carbocycles. The van der Waals surface area contributed by atoms with Gasteiger partial charge in [-0.15, -0.1) is 0 Å². The van der Waals surface area contributed by atoms with E-state index in [2.05, 4.69) is 10.6 Å². The largest absolute Gasteiger partial charge is 0.423 e. The molecule has 0 unspecified atom stereocenters. The van der Waals surface area contributed by atoms with Crippen LogP contribution < -0.4 is 16.3 Å². The van der Waals surface area contributed by atoms with Gasteiger partial charge >= 0.3 is 5.63 Å². The van der Waals surface area contributed by atoms with E-state index in [1.807, 2.05) is 49.1 Å². The lowest BCUT2D eigenvalue weighted by atomic mass is 10.1. The Labute approximate surface area is 181 Å². The fourth-order valence-electron chi connectivity index (χ4n) is 3.52. The predicted octanol–water partition coefficient (Wildman–Crippen LogP) is 3.91. The van der Waals surface area contributed by atoms with Crippen molar-refractivity contribution in [1.29, 1.82) is 0 Å². The Morgan fingerprint density at radius 2 is 1.84 bits per heavy atom. The molecule has 0 saturated heterocycles. The van der Waals surface area contributed by atoms with Crippen LogP contribution in [0.3, 0.4) is 0 Å². The fraction of sp³-hybridized carbons (Fsp3) is 0.292. The van der Waals surface area contributed by atoms with Crippen molar-refractivity contribution in [3.05, 3.63) is 70.1 Å². The quantitative estimate of drug-likeness (QED) is 0.538. The molecular formula is C24H27N3O4. The summed E-state index contributed by atoms with van der Waals surface area (Å²) in [6, 6.07) is 14.3. The first-order valence-corrected chi connectivity index (χ1v) is 10.3. The Balaban J connectivity index is 1.81. The van der Waals surface area contributed by atoms with Gasteiger partial charge in [0.05, 0.1) is 6.54 Å². The second-order valence-corrected chi connectivity index (χ2v) is 7.56. The molecule has 2 amide bonds. The van der Waals surface area contributed by atoms with E-state index in [4.69, 9.17) is 4.42 Å². The Morgan fingerprint density at radius 1 is 1.06 bits per heavy atom. The Kier molecular flexibility index (Phi) is 7.20. The summed E-state index contributed by atoms with van der Waals surface area (Å²) in [7, 11) is 0. The number of carbonyl (C=O) groups is 2. The van der Waals surface area contributed by atoms with Crippen molar-refractivity contribution in [1.82, 2.24) is 4.90 Å². The molecule has 2 N–H and O–H groups in total. The Bertz CT molecular complexity index is 1150. The maximum atomic E-state index is 12.6. The highest BCUT2D eigenvalue weighted by Gasteiger charge is 2.15. The van der Waals surface area contributed by atoms with Crippen LogP contribution in [0.2, 0.25) is 0 Å². The topological polar surface area (TPSA) is 91.7 Å². The smallest absolute Gasteiger partial charge is 0.336 e. The molecule has 0 saturated carbocycles. The molecule has 0 fully saturated rings. The van der Waals surface area contributed by atoms with Crippen LogP contribution >= 0.6 is 0 Å². The zero-order valence-electron chi connectivity index (χ0n) is 18.0. The highest BCUT2D eigenvalue weighted by molar-refractivity contribution is 5.93. The first-order valence-electron chi connectivity index (χ1n) is 10.3. The molecule has 0 spiro atoms. The zero-order chi connectivity index (χ0) is 22.4. The highest BCUT2D eigenvalue weighted by Crippen LogP contribution is 2.23. The maximum absolute atomic E-state index is 12.6. The lowest BCUT2D eigenvalue weighted by Crippen LogP contribution is -2.33. The molecule has 0 radical (unpaired) electrons. The standard InChI is InChI=1S/C24H27N3O4/c1-4-11-27(15-23(29)26-21-8-6-5-7-16(21)2)14-18-12-24(30)31-22-13-19(25-17(3)28)9-10-20(18)22/h5-10,12-13H,4,11,14-15H2,1-3H3,(H,25,28)(H,26,29). The number of aryl methyl sites for hydroxylation is 1. The van der Waals surface area contributed by atoms with Crippen LogP contribution in [0.4, 0.5) is 11.4 Å². The van der Waals surface area contributed by atoms with Crippen LogP contribution in [0.25, 0.3) is 11.0 Å². The second kappa shape index (κ2) is 10.0. The Morgan fingerprint density at radius 3 is 2.55 bits per heavy atom. The molecule has 0 aliphatic heterocycles. The molecular weight excluding hydrogens is 394 g/mol. The van der Waals surface area contributed by atoms with Crippen molar-refractivity contribution >= 4 is 34.2 Å². The van der Waals surface area contributed by atoms with Crippen molar-refractivity contribution in [2.24, 2.45) is 0 Å². The van der Waals surface area contributed by atoms with Gasteiger partial charge in [0, 0.05) is 42.4 Å². The number of benzene rings is 2. The minimum atomic E-state index is -0.469. The van der Waals surface area contributed by atoms with Gasteiger partial charge in [0.25, 0.3) is 0 Å². The molecule has 7 nitrogen and oxygen atoms in total. The summed E-state index contributed by atoms with van der Waals surface area (Å²) in [5.74, 6) is -0.311. The monoisotopic (exact) mass is 421 g/mol. The van der Waals surface area contributed by atoms with Crippen LogP contribution in [0.5, 0.6) is 0 Å². The molecule has 7 heteroatoms. The van der Waals surface area contributed by atoms with Gasteiger partial charge in [0.2, 0.25) is 11.8 Å². The summed E-state index contributed by atoms with van der Waals surface area (Å²) in [6.07, 6.45) is 0.865. The Hall–Kier alpha value is -3.45. The summed E-state index contributed by atoms with van der Waals surface area (Å²) >= 11 is 0. The van der Waals surface area contributed by atoms with Crippen molar-refractivity contribution in [2.75, 3.05) is 23.7 Å². The number of nitrogens with one attached hydrogen (secondary N) is 2. The molecule has 0 bridgehead atoms. The average molecular weight is 421 g/mol. The normalized spacial score (nSPS) is 11.0. The lowest BCUT2D eigenvalue weighted by molar-refractivity contribution is -0.117. The SMILES string of the molecule is CCCN(CC(=O)Nc1ccccc1C)Cc1cc(=O)oc2cc(NC(C)=O)ccc12. The molecule has 1 aromatic heterocycles. The van der Waals surface area contributed by atoms with Gasteiger partial charge < -0.3 is 15.1 Å². The summed E-state index contributed by atoms with van der Waals surface area (Å²) in [5, 5.41) is 6.42. The predicted molar refractivity (Wildman–Crippen MR) is 122 cm³/mol. The van der Waals surface area contributed by atoms with E-state index < -0.39 is 5.63 Å². The van der Waals surface area contributed by atoms with Gasteiger partial charge in [-0.1, -0.05) is 25.1 Å². The second-order valence-electron chi connectivity index (χ2n) is 7.56. The van der Waals surface area contributed by atoms with E-state index in [1.54, 1.807) is 12.1 Å². The third-order valence-corrected chi connectivity index (χ3v) is 4.87. The van der Waals surface area contributed by atoms with E-state index in [1.165, 1.54) is 13.0 Å². The minimum absolute atomic E-state index is 0.108. The van der Waals surface area contributed by atoms with Gasteiger partial charge in [0.15, 0.2) is 0 Å². The number of para-hydroxylation sites is 1. The summed E-state index contributed by atoms with van der Waals surface area (Å²) in [4.78, 5) is 38.1. The van der Waals surface area contributed by atoms with Crippen LogP contribution in [-0.4, -0.2) is 29.8 Å². The number of rotatable bonds is 8. The van der Waals surface area contributed by atoms with Gasteiger partial charge in [-0.2, -0.15) is 0 Å². The third kappa shape index (κ3) is 6.02. The van der Waals surface area contributed by atoms with E-state index in [0.29, 0.717) is 24.4 Å². The van der Waals surface area contributed by atoms with Gasteiger partial charge in [-0.05, 0) is 49.2 Å². The number of nitrogens with zero attached hydrogens (tertiary/aromatic N) is 1. The summed E-state index contributed by atoms with van der Waals surface area (Å²) in [5.41, 5.74) is 3.05. The maximum Gasteiger partial charge on any atom is 0.336 e. The van der Waals surface area contributed by atoms with Crippen LogP contribution in [0.1, 0.15) is 31.4 Å². The van der Waals surface area contributed by atoms with E-state index >= 15 is 0 Å². The molecule has 0 atom stereocenters. The molecule has 3 aromatic rings. The summed E-state index contributed by atoms with van der Waals surface area (Å²) in [6.45, 7) is 6.74. The number of carbonyl (C=O) groups excluding carboxylic acids is 2. The molecule has 2 aromatic carbocycles. The highest BCUT2D eigenvalue weighted by atomic mass is 16.4. The lowest BCUT2D eigenvalue weighted by Gasteiger charge is -2.22. The molecule has 0 aliphatic rings. The van der Waals surface area contributed by atoms with E-state index in [0.717, 1.165) is 28.6 Å². The average Bonchev–Trinajstić information content (AvgIpc) is 2.69. The first kappa shape index (κ1) is 22.2. The zero-order valence-corrected chi connectivity index (χ0v) is 18.0. The van der Waals surface area contributed by atoms with Gasteiger partial charge in [0.1, 0.15) is 5.58 Å². The number of anilines is 2. The van der Waals surface area contributed by atoms with E-state index in [9.17, 15) is 14.4 Å². The van der Waals surface area contributed by atoms with Crippen LogP contribution in [-0.2, 0) is 16.1 Å². The van der Waals surface area contributed by atoms with Crippen LogP contribution in [0, 0.1) is 6.92 Å². The minimum Gasteiger partial charge on any atom is -0.423 e. The third-order valence-electron chi connectivity index (χ3n) is 4.87. The molecule has 3 rings (SSSR count). The van der Waals surface area contributed by atoms with Crippen LogP contribution in [0.15, 0.2) is 57.7 Å². The number of fused-ring (bicyclic) bond motifs is 1. The van der Waals surface area contributed by atoms with Crippen molar-refractivity contribution in [3.63, 3.8) is 0 Å². The number of hydrogen-bond acceptors (Lipinski definition) is 5. The van der Waals surface area contributed by atoms with Gasteiger partial charge in [-0.3, -0.25) is 14.5 Å². The van der Waals surface area contributed by atoms with Crippen molar-refractivity contribution < 1.29 is 14.0 Å². The first-order chi connectivity index (χ1) is 14.9. The molecule has 31 heavy (non-hydrogen) atoms. The van der Waals surface area contributed by atoms with Crippen molar-refractivity contribution in [3.8, 4) is 0 Å². The van der Waals surface area contributed by atoms with E-state index in [-0.39, 0.29) is 18.4 Å². The van der Waals surface area contributed by atoms with Crippen molar-refractivity contribution in [2.45, 2.75) is 33.7 Å².